The summed E-state index contributed by atoms with van der Waals surface area (Å²) in [6.45, 7) is 2.13. The van der Waals surface area contributed by atoms with Crippen LogP contribution < -0.4 is 10.8 Å². The van der Waals surface area contributed by atoms with Crippen molar-refractivity contribution in [1.29, 1.82) is 0 Å². The number of aryl methyl sites for hydroxylation is 1. The van der Waals surface area contributed by atoms with Crippen molar-refractivity contribution in [3.63, 3.8) is 0 Å². The second-order valence-electron chi connectivity index (χ2n) is 6.78. The average molecular weight is 338 g/mol. The number of benzene rings is 1. The highest BCUT2D eigenvalue weighted by Crippen LogP contribution is 2.35. The summed E-state index contributed by atoms with van der Waals surface area (Å²) in [6.07, 6.45) is 7.22. The minimum atomic E-state index is 0.521. The first-order chi connectivity index (χ1) is 11.6. The number of halogens is 1. The molecule has 1 aliphatic carbocycles. The lowest BCUT2D eigenvalue weighted by atomic mass is 9.94. The minimum Gasteiger partial charge on any atom is -0.367 e. The average Bonchev–Trinajstić information content (AvgIpc) is 3.18. The first-order valence-corrected chi connectivity index (χ1v) is 9.02. The van der Waals surface area contributed by atoms with Crippen molar-refractivity contribution >= 4 is 36.4 Å². The van der Waals surface area contributed by atoms with E-state index >= 15 is 0 Å². The fourth-order valence-corrected chi connectivity index (χ4v) is 3.75. The Morgan fingerprint density at radius 3 is 2.75 bits per heavy atom. The van der Waals surface area contributed by atoms with E-state index in [9.17, 15) is 0 Å². The van der Waals surface area contributed by atoms with Crippen molar-refractivity contribution in [2.75, 3.05) is 5.32 Å². The van der Waals surface area contributed by atoms with E-state index in [1.807, 2.05) is 24.3 Å². The number of aromatic nitrogens is 2. The Morgan fingerprint density at radius 2 is 2.00 bits per heavy atom. The summed E-state index contributed by atoms with van der Waals surface area (Å²) in [5.41, 5.74) is 5.41. The number of rotatable bonds is 3. The van der Waals surface area contributed by atoms with E-state index in [2.05, 4.69) is 36.8 Å². The van der Waals surface area contributed by atoms with Gasteiger partial charge in [0.05, 0.1) is 5.02 Å². The lowest BCUT2D eigenvalue weighted by molar-refractivity contribution is 0.749. The molecule has 0 atom stereocenters. The van der Waals surface area contributed by atoms with Gasteiger partial charge in [-0.25, -0.2) is 4.98 Å². The first-order valence-electron chi connectivity index (χ1n) is 8.64. The van der Waals surface area contributed by atoms with Crippen LogP contribution in [0.2, 0.25) is 5.02 Å². The van der Waals surface area contributed by atoms with E-state index in [0.717, 1.165) is 27.7 Å². The van der Waals surface area contributed by atoms with Gasteiger partial charge in [-0.05, 0) is 31.9 Å². The zero-order chi connectivity index (χ0) is 16.7. The van der Waals surface area contributed by atoms with Crippen LogP contribution >= 0.6 is 11.6 Å². The Labute approximate surface area is 148 Å². The molecule has 1 saturated carbocycles. The number of nitrogens with one attached hydrogen (secondary N) is 1. The maximum absolute atomic E-state index is 6.46. The van der Waals surface area contributed by atoms with E-state index in [-0.39, 0.29) is 0 Å². The van der Waals surface area contributed by atoms with Gasteiger partial charge in [0, 0.05) is 17.8 Å². The summed E-state index contributed by atoms with van der Waals surface area (Å²) >= 11 is 6.46. The molecule has 1 aliphatic rings. The third-order valence-corrected chi connectivity index (χ3v) is 5.38. The highest BCUT2D eigenvalue weighted by molar-refractivity contribution is 6.33. The molecule has 0 amide bonds. The van der Waals surface area contributed by atoms with Crippen LogP contribution in [0.3, 0.4) is 0 Å². The zero-order valence-corrected chi connectivity index (χ0v) is 14.9. The fraction of sp³-hybridized carbons (Fsp3) is 0.316. The molecule has 2 heterocycles. The van der Waals surface area contributed by atoms with Crippen LogP contribution in [-0.4, -0.2) is 23.3 Å². The molecular formula is C19H21BClN3. The third kappa shape index (κ3) is 2.69. The largest absolute Gasteiger partial charge is 0.367 e. The Morgan fingerprint density at radius 1 is 1.25 bits per heavy atom. The van der Waals surface area contributed by atoms with E-state index < -0.39 is 0 Å². The molecule has 0 spiro atoms. The van der Waals surface area contributed by atoms with Crippen LogP contribution in [0.1, 0.15) is 31.2 Å². The van der Waals surface area contributed by atoms with Gasteiger partial charge in [0.1, 0.15) is 25.0 Å². The molecule has 122 valence electrons. The maximum atomic E-state index is 6.46. The van der Waals surface area contributed by atoms with Gasteiger partial charge in [-0.15, -0.1) is 0 Å². The van der Waals surface area contributed by atoms with Gasteiger partial charge in [0.25, 0.3) is 0 Å². The monoisotopic (exact) mass is 337 g/mol. The van der Waals surface area contributed by atoms with E-state index in [1.165, 1.54) is 36.7 Å². The molecule has 1 N–H and O–H groups in total. The lowest BCUT2D eigenvalue weighted by Gasteiger charge is -2.15. The summed E-state index contributed by atoms with van der Waals surface area (Å²) in [5, 5.41) is 4.49. The van der Waals surface area contributed by atoms with Gasteiger partial charge >= 0.3 is 0 Å². The van der Waals surface area contributed by atoms with E-state index in [0.29, 0.717) is 6.04 Å². The molecule has 5 heteroatoms. The predicted octanol–water partition coefficient (Wildman–Crippen LogP) is 3.58. The molecule has 4 rings (SSSR count). The summed E-state index contributed by atoms with van der Waals surface area (Å²) in [6, 6.07) is 10.6. The summed E-state index contributed by atoms with van der Waals surface area (Å²) < 4.78 is 2.18. The molecular weight excluding hydrogens is 316 g/mol. The molecule has 0 radical (unpaired) electrons. The molecule has 0 saturated heterocycles. The van der Waals surface area contributed by atoms with Gasteiger partial charge in [0.2, 0.25) is 0 Å². The van der Waals surface area contributed by atoms with Gasteiger partial charge in [-0.3, -0.25) is 4.40 Å². The van der Waals surface area contributed by atoms with E-state index in [1.54, 1.807) is 0 Å². The third-order valence-electron chi connectivity index (χ3n) is 5.05. The maximum Gasteiger partial charge on any atom is 0.141 e. The van der Waals surface area contributed by atoms with Crippen molar-refractivity contribution in [3.05, 3.63) is 47.1 Å². The molecule has 0 aliphatic heterocycles. The number of hydrogen-bond donors (Lipinski definition) is 1. The quantitative estimate of drug-likeness (QED) is 0.740. The molecule has 0 unspecified atom stereocenters. The first kappa shape index (κ1) is 15.6. The summed E-state index contributed by atoms with van der Waals surface area (Å²) in [7, 11) is 2.14. The Balaban J connectivity index is 1.92. The molecule has 1 fully saturated rings. The van der Waals surface area contributed by atoms with Gasteiger partial charge < -0.3 is 5.32 Å². The smallest absolute Gasteiger partial charge is 0.141 e. The second kappa shape index (κ2) is 6.17. The Kier molecular flexibility index (Phi) is 4.01. The normalized spacial score (nSPS) is 15.2. The summed E-state index contributed by atoms with van der Waals surface area (Å²) in [5.74, 6) is 1.06. The Bertz CT molecular complexity index is 897. The van der Waals surface area contributed by atoms with Gasteiger partial charge in [0.15, 0.2) is 0 Å². The zero-order valence-electron chi connectivity index (χ0n) is 14.1. The number of nitrogens with zero attached hydrogens (tertiary/aromatic N) is 2. The number of imidazole rings is 1. The minimum absolute atomic E-state index is 0.521. The van der Waals surface area contributed by atoms with Crippen LogP contribution in [0.25, 0.3) is 16.9 Å². The number of anilines is 1. The van der Waals surface area contributed by atoms with Crippen LogP contribution in [0.5, 0.6) is 0 Å². The van der Waals surface area contributed by atoms with Gasteiger partial charge in [-0.2, -0.15) is 0 Å². The highest BCUT2D eigenvalue weighted by atomic mass is 35.5. The summed E-state index contributed by atoms with van der Waals surface area (Å²) in [4.78, 5) is 4.90. The number of fused-ring (bicyclic) bond motifs is 1. The van der Waals surface area contributed by atoms with Crippen LogP contribution in [0, 0.1) is 6.92 Å². The Hall–Kier alpha value is -1.94. The second-order valence-corrected chi connectivity index (χ2v) is 7.19. The SMILES string of the molecule is Bc1cn2c(NC3CCCC3)c(-c3ccccc3Cl)nc2cc1C. The molecule has 3 aromatic rings. The molecule has 24 heavy (non-hydrogen) atoms. The molecule has 3 nitrogen and oxygen atoms in total. The molecule has 2 aromatic heterocycles. The van der Waals surface area contributed by atoms with Crippen LogP contribution in [0.15, 0.2) is 36.5 Å². The van der Waals surface area contributed by atoms with Crippen molar-refractivity contribution in [2.24, 2.45) is 0 Å². The highest BCUT2D eigenvalue weighted by Gasteiger charge is 2.21. The number of hydrogen-bond acceptors (Lipinski definition) is 2. The predicted molar refractivity (Wildman–Crippen MR) is 104 cm³/mol. The van der Waals surface area contributed by atoms with Gasteiger partial charge in [-0.1, -0.05) is 53.7 Å². The molecule has 1 aromatic carbocycles. The topological polar surface area (TPSA) is 29.3 Å². The van der Waals surface area contributed by atoms with Crippen molar-refractivity contribution in [1.82, 2.24) is 9.38 Å². The van der Waals surface area contributed by atoms with E-state index in [4.69, 9.17) is 16.6 Å². The van der Waals surface area contributed by atoms with Crippen molar-refractivity contribution in [3.8, 4) is 11.3 Å². The fourth-order valence-electron chi connectivity index (χ4n) is 3.53. The standard InChI is InChI=1S/C19H21BClN3/c1-12-10-17-23-18(14-8-4-5-9-16(14)21)19(24(17)11-15(12)20)22-13-6-2-3-7-13/h4-5,8-11,13,22H,2-3,6-7,20H2,1H3. The van der Waals surface area contributed by atoms with Crippen LogP contribution in [-0.2, 0) is 0 Å². The number of pyridine rings is 1. The molecule has 0 bridgehead atoms. The lowest BCUT2D eigenvalue weighted by Crippen LogP contribution is -2.18. The van der Waals surface area contributed by atoms with Crippen molar-refractivity contribution in [2.45, 2.75) is 38.6 Å². The van der Waals surface area contributed by atoms with Crippen molar-refractivity contribution < 1.29 is 0 Å². The van der Waals surface area contributed by atoms with Crippen LogP contribution in [0.4, 0.5) is 5.82 Å².